The Bertz CT molecular complexity index is 1300. The third-order valence-corrected chi connectivity index (χ3v) is 6.47. The minimum atomic E-state index is -0.732. The summed E-state index contributed by atoms with van der Waals surface area (Å²) in [5, 5.41) is 11.8. The number of aromatic nitrogens is 2. The molecule has 37 heavy (non-hydrogen) atoms. The molecule has 9 heteroatoms. The van der Waals surface area contributed by atoms with E-state index in [9.17, 15) is 14.0 Å². The number of carbonyl (C=O) groups is 1. The highest BCUT2D eigenvalue weighted by molar-refractivity contribution is 5.91. The lowest BCUT2D eigenvalue weighted by Gasteiger charge is -2.29. The Kier molecular flexibility index (Phi) is 8.58. The van der Waals surface area contributed by atoms with Crippen LogP contribution >= 0.6 is 0 Å². The van der Waals surface area contributed by atoms with E-state index >= 15 is 0 Å². The molecule has 0 spiro atoms. The SMILES string of the molecule is Cc1c(C2C=C(C(=O)NCc3ccc(F)cc3)OC(OCCCCO)C2)c(=O)n(-c2ccccc2)n1C. The average Bonchev–Trinajstić information content (AvgIpc) is 3.13. The van der Waals surface area contributed by atoms with Gasteiger partial charge in [0.05, 0.1) is 12.3 Å². The Morgan fingerprint density at radius 3 is 2.59 bits per heavy atom. The zero-order valence-electron chi connectivity index (χ0n) is 21.0. The molecule has 1 aliphatic rings. The van der Waals surface area contributed by atoms with Gasteiger partial charge in [-0.25, -0.2) is 9.07 Å². The van der Waals surface area contributed by atoms with Crippen molar-refractivity contribution in [1.29, 1.82) is 0 Å². The Morgan fingerprint density at radius 1 is 1.16 bits per heavy atom. The number of nitrogens with one attached hydrogen (secondary N) is 1. The lowest BCUT2D eigenvalue weighted by atomic mass is 9.93. The van der Waals surface area contributed by atoms with Crippen LogP contribution in [-0.2, 0) is 27.9 Å². The van der Waals surface area contributed by atoms with E-state index in [1.165, 1.54) is 12.1 Å². The lowest BCUT2D eigenvalue weighted by molar-refractivity contribution is -0.146. The van der Waals surface area contributed by atoms with Gasteiger partial charge in [-0.15, -0.1) is 0 Å². The number of unbranched alkanes of at least 4 members (excludes halogenated alkanes) is 1. The topological polar surface area (TPSA) is 94.7 Å². The molecule has 2 unspecified atom stereocenters. The minimum Gasteiger partial charge on any atom is -0.459 e. The van der Waals surface area contributed by atoms with Crippen molar-refractivity contribution in [2.45, 2.75) is 44.9 Å². The summed E-state index contributed by atoms with van der Waals surface area (Å²) in [4.78, 5) is 26.6. The van der Waals surface area contributed by atoms with Crippen molar-refractivity contribution >= 4 is 5.91 Å². The maximum Gasteiger partial charge on any atom is 0.286 e. The van der Waals surface area contributed by atoms with E-state index in [1.54, 1.807) is 22.9 Å². The first kappa shape index (κ1) is 26.4. The maximum atomic E-state index is 13.6. The molecule has 2 atom stereocenters. The van der Waals surface area contributed by atoms with Gasteiger partial charge in [0, 0.05) is 43.8 Å². The number of amides is 1. The second-order valence-electron chi connectivity index (χ2n) is 9.01. The largest absolute Gasteiger partial charge is 0.459 e. The zero-order chi connectivity index (χ0) is 26.4. The fourth-order valence-corrected chi connectivity index (χ4v) is 4.44. The number of rotatable bonds is 10. The van der Waals surface area contributed by atoms with E-state index in [0.29, 0.717) is 31.4 Å². The molecule has 0 fully saturated rings. The van der Waals surface area contributed by atoms with E-state index in [1.807, 2.05) is 49.0 Å². The number of aliphatic hydroxyl groups is 1. The number of allylic oxidation sites excluding steroid dienone is 1. The molecule has 8 nitrogen and oxygen atoms in total. The highest BCUT2D eigenvalue weighted by Gasteiger charge is 2.32. The molecule has 1 aromatic heterocycles. The monoisotopic (exact) mass is 509 g/mol. The van der Waals surface area contributed by atoms with Gasteiger partial charge in [-0.05, 0) is 55.7 Å². The quantitative estimate of drug-likeness (QED) is 0.409. The normalized spacial score (nSPS) is 17.2. The van der Waals surface area contributed by atoms with Gasteiger partial charge in [-0.2, -0.15) is 0 Å². The predicted octanol–water partition coefficient (Wildman–Crippen LogP) is 3.44. The van der Waals surface area contributed by atoms with Crippen molar-refractivity contribution in [2.75, 3.05) is 13.2 Å². The molecular formula is C28H32FN3O5. The van der Waals surface area contributed by atoms with Crippen LogP contribution < -0.4 is 10.9 Å². The van der Waals surface area contributed by atoms with Gasteiger partial charge in [-0.1, -0.05) is 30.3 Å². The number of para-hydroxylation sites is 1. The van der Waals surface area contributed by atoms with E-state index in [0.717, 1.165) is 16.9 Å². The molecule has 0 bridgehead atoms. The maximum absolute atomic E-state index is 13.6. The lowest BCUT2D eigenvalue weighted by Crippen LogP contribution is -2.34. The highest BCUT2D eigenvalue weighted by Crippen LogP contribution is 2.32. The molecule has 0 radical (unpaired) electrons. The van der Waals surface area contributed by atoms with Crippen LogP contribution in [0.1, 0.15) is 42.0 Å². The van der Waals surface area contributed by atoms with Gasteiger partial charge in [0.2, 0.25) is 6.29 Å². The molecule has 0 saturated carbocycles. The number of hydrogen-bond donors (Lipinski definition) is 2. The van der Waals surface area contributed by atoms with Gasteiger partial charge in [0.1, 0.15) is 5.82 Å². The first-order chi connectivity index (χ1) is 17.9. The minimum absolute atomic E-state index is 0.0662. The van der Waals surface area contributed by atoms with Crippen molar-refractivity contribution in [3.8, 4) is 5.69 Å². The van der Waals surface area contributed by atoms with Crippen LogP contribution in [0.15, 0.2) is 71.2 Å². The van der Waals surface area contributed by atoms with Crippen molar-refractivity contribution in [2.24, 2.45) is 7.05 Å². The predicted molar refractivity (Wildman–Crippen MR) is 137 cm³/mol. The van der Waals surface area contributed by atoms with Crippen LogP contribution in [0.5, 0.6) is 0 Å². The van der Waals surface area contributed by atoms with Crippen molar-refractivity contribution in [3.05, 3.63) is 99.4 Å². The molecule has 4 rings (SSSR count). The molecule has 1 aliphatic heterocycles. The standard InChI is InChI=1S/C28H32FN3O5/c1-19-26(28(35)32(31(19)2)23-8-4-3-5-9-23)21-16-24(37-25(17-21)36-15-7-6-14-33)27(34)30-18-20-10-12-22(29)13-11-20/h3-5,8-13,16,21,25,33H,6-7,14-15,17-18H2,1-2H3,(H,30,34). The summed E-state index contributed by atoms with van der Waals surface area (Å²) in [5.74, 6) is -1.14. The number of ether oxygens (including phenoxy) is 2. The molecule has 0 aliphatic carbocycles. The summed E-state index contributed by atoms with van der Waals surface area (Å²) in [6.07, 6.45) is 2.54. The van der Waals surface area contributed by atoms with Crippen molar-refractivity contribution in [1.82, 2.24) is 14.7 Å². The zero-order valence-corrected chi connectivity index (χ0v) is 21.0. The van der Waals surface area contributed by atoms with E-state index < -0.39 is 18.1 Å². The highest BCUT2D eigenvalue weighted by atomic mass is 19.1. The van der Waals surface area contributed by atoms with Gasteiger partial charge >= 0.3 is 0 Å². The third-order valence-electron chi connectivity index (χ3n) is 6.47. The van der Waals surface area contributed by atoms with E-state index in [-0.39, 0.29) is 30.3 Å². The average molecular weight is 510 g/mol. The van der Waals surface area contributed by atoms with Crippen molar-refractivity contribution in [3.63, 3.8) is 0 Å². The Hall–Kier alpha value is -3.69. The molecule has 2 heterocycles. The van der Waals surface area contributed by atoms with Crippen LogP contribution in [-0.4, -0.2) is 39.9 Å². The number of carbonyl (C=O) groups excluding carboxylic acids is 1. The number of benzene rings is 2. The molecular weight excluding hydrogens is 477 g/mol. The summed E-state index contributed by atoms with van der Waals surface area (Å²) >= 11 is 0. The Labute approximate surface area is 214 Å². The van der Waals surface area contributed by atoms with Gasteiger partial charge < -0.3 is 19.9 Å². The fraction of sp³-hybridized carbons (Fsp3) is 0.357. The number of hydrogen-bond acceptors (Lipinski definition) is 5. The first-order valence-corrected chi connectivity index (χ1v) is 12.4. The fourth-order valence-electron chi connectivity index (χ4n) is 4.44. The van der Waals surface area contributed by atoms with E-state index in [4.69, 9.17) is 14.6 Å². The summed E-state index contributed by atoms with van der Waals surface area (Å²) in [7, 11) is 1.83. The van der Waals surface area contributed by atoms with Gasteiger partial charge in [-0.3, -0.25) is 14.3 Å². The summed E-state index contributed by atoms with van der Waals surface area (Å²) < 4.78 is 28.4. The summed E-state index contributed by atoms with van der Waals surface area (Å²) in [6.45, 7) is 2.49. The first-order valence-electron chi connectivity index (χ1n) is 12.4. The van der Waals surface area contributed by atoms with E-state index in [2.05, 4.69) is 5.32 Å². The van der Waals surface area contributed by atoms with Crippen LogP contribution in [0.4, 0.5) is 4.39 Å². The molecule has 0 saturated heterocycles. The Balaban J connectivity index is 1.61. The number of halogens is 1. The molecule has 2 aromatic carbocycles. The molecule has 1 amide bonds. The summed E-state index contributed by atoms with van der Waals surface area (Å²) in [6, 6.07) is 15.2. The third kappa shape index (κ3) is 6.18. The van der Waals surface area contributed by atoms with Crippen LogP contribution in [0.25, 0.3) is 5.69 Å². The number of aliphatic hydroxyl groups excluding tert-OH is 1. The van der Waals surface area contributed by atoms with Crippen LogP contribution in [0.2, 0.25) is 0 Å². The van der Waals surface area contributed by atoms with Crippen molar-refractivity contribution < 1.29 is 23.8 Å². The van der Waals surface area contributed by atoms with Crippen LogP contribution in [0.3, 0.4) is 0 Å². The van der Waals surface area contributed by atoms with Crippen LogP contribution in [0, 0.1) is 12.7 Å². The Morgan fingerprint density at radius 2 is 1.89 bits per heavy atom. The van der Waals surface area contributed by atoms with Gasteiger partial charge in [0.15, 0.2) is 5.76 Å². The molecule has 2 N–H and O–H groups in total. The number of nitrogens with zero attached hydrogens (tertiary/aromatic N) is 2. The smallest absolute Gasteiger partial charge is 0.286 e. The molecule has 3 aromatic rings. The second kappa shape index (κ2) is 12.0. The molecule has 196 valence electrons. The second-order valence-corrected chi connectivity index (χ2v) is 9.01. The van der Waals surface area contributed by atoms with Gasteiger partial charge in [0.25, 0.3) is 11.5 Å². The summed E-state index contributed by atoms with van der Waals surface area (Å²) in [5.41, 5.74) is 2.67.